The van der Waals surface area contributed by atoms with E-state index in [1.165, 1.54) is 0 Å². The second-order valence-corrected chi connectivity index (χ2v) is 8.22. The van der Waals surface area contributed by atoms with Gasteiger partial charge in [-0.05, 0) is 53.9 Å². The molecule has 176 valence electrons. The van der Waals surface area contributed by atoms with Gasteiger partial charge < -0.3 is 20.5 Å². The van der Waals surface area contributed by atoms with E-state index in [0.717, 1.165) is 22.1 Å². The third-order valence-electron chi connectivity index (χ3n) is 5.52. The van der Waals surface area contributed by atoms with Crippen molar-refractivity contribution in [3.05, 3.63) is 99.4 Å². The van der Waals surface area contributed by atoms with Gasteiger partial charge in [0, 0.05) is 40.9 Å². The first-order valence-corrected chi connectivity index (χ1v) is 11.0. The minimum absolute atomic E-state index is 0. The molecule has 0 radical (unpaired) electrons. The van der Waals surface area contributed by atoms with Crippen molar-refractivity contribution in [2.24, 2.45) is 7.05 Å². The normalized spacial score (nSPS) is 10.6. The Labute approximate surface area is 209 Å². The lowest BCUT2D eigenvalue weighted by Gasteiger charge is -2.18. The lowest BCUT2D eigenvalue weighted by atomic mass is 9.96. The third-order valence-corrected chi connectivity index (χ3v) is 5.76. The molecule has 0 saturated carbocycles. The van der Waals surface area contributed by atoms with Gasteiger partial charge in [0.1, 0.15) is 0 Å². The van der Waals surface area contributed by atoms with Crippen LogP contribution < -0.4 is 21.5 Å². The number of urea groups is 1. The molecule has 0 aliphatic carbocycles. The molecule has 0 aliphatic heterocycles. The van der Waals surface area contributed by atoms with Gasteiger partial charge in [0.05, 0.1) is 6.54 Å². The minimum atomic E-state index is -0.353. The molecular formula is C26H26Cl2N4O2. The fourth-order valence-corrected chi connectivity index (χ4v) is 4.14. The Bertz CT molecular complexity index is 1370. The van der Waals surface area contributed by atoms with Gasteiger partial charge in [-0.25, -0.2) is 4.79 Å². The second-order valence-electron chi connectivity index (χ2n) is 7.78. The average molecular weight is 497 g/mol. The number of nitrogens with zero attached hydrogens (tertiary/aromatic N) is 1. The van der Waals surface area contributed by atoms with Crippen molar-refractivity contribution in [2.75, 3.05) is 12.4 Å². The quantitative estimate of drug-likeness (QED) is 0.338. The van der Waals surface area contributed by atoms with Crippen LogP contribution in [0.25, 0.3) is 21.9 Å². The largest absolute Gasteiger partial charge is 0.332 e. The summed E-state index contributed by atoms with van der Waals surface area (Å²) in [5, 5.41) is 10.7. The van der Waals surface area contributed by atoms with Gasteiger partial charge in [-0.15, -0.1) is 12.4 Å². The summed E-state index contributed by atoms with van der Waals surface area (Å²) in [5.41, 5.74) is 4.13. The Hall–Kier alpha value is -3.32. The van der Waals surface area contributed by atoms with Crippen molar-refractivity contribution in [1.29, 1.82) is 0 Å². The number of fused-ring (bicyclic) bond motifs is 1. The van der Waals surface area contributed by atoms with Crippen molar-refractivity contribution in [1.82, 2.24) is 15.2 Å². The number of benzene rings is 3. The number of anilines is 1. The molecule has 3 aromatic carbocycles. The van der Waals surface area contributed by atoms with Crippen LogP contribution >= 0.6 is 24.0 Å². The molecule has 0 unspecified atom stereocenters. The van der Waals surface area contributed by atoms with Crippen molar-refractivity contribution in [3.63, 3.8) is 0 Å². The van der Waals surface area contributed by atoms with Gasteiger partial charge in [-0.1, -0.05) is 54.1 Å². The molecule has 8 heteroatoms. The molecule has 4 aromatic rings. The highest BCUT2D eigenvalue weighted by Crippen LogP contribution is 2.32. The predicted molar refractivity (Wildman–Crippen MR) is 142 cm³/mol. The van der Waals surface area contributed by atoms with E-state index >= 15 is 0 Å². The number of rotatable bonds is 6. The van der Waals surface area contributed by atoms with Gasteiger partial charge in [-0.3, -0.25) is 4.79 Å². The number of pyridine rings is 1. The lowest BCUT2D eigenvalue weighted by Crippen LogP contribution is -2.32. The Balaban J connectivity index is 0.00000324. The van der Waals surface area contributed by atoms with Gasteiger partial charge in [0.25, 0.3) is 5.56 Å². The molecule has 0 atom stereocenters. The third kappa shape index (κ3) is 5.42. The van der Waals surface area contributed by atoms with Crippen molar-refractivity contribution < 1.29 is 4.79 Å². The smallest absolute Gasteiger partial charge is 0.319 e. The molecule has 2 amide bonds. The summed E-state index contributed by atoms with van der Waals surface area (Å²) in [5.74, 6) is 0. The summed E-state index contributed by atoms with van der Waals surface area (Å²) in [4.78, 5) is 25.7. The number of hydrogen-bond donors (Lipinski definition) is 3. The Morgan fingerprint density at radius 3 is 2.44 bits per heavy atom. The van der Waals surface area contributed by atoms with E-state index in [-0.39, 0.29) is 30.5 Å². The molecule has 34 heavy (non-hydrogen) atoms. The van der Waals surface area contributed by atoms with Crippen LogP contribution in [0.15, 0.2) is 77.6 Å². The van der Waals surface area contributed by atoms with Crippen molar-refractivity contribution in [3.8, 4) is 11.1 Å². The molecule has 1 heterocycles. The van der Waals surface area contributed by atoms with Crippen LogP contribution in [-0.2, 0) is 20.1 Å². The summed E-state index contributed by atoms with van der Waals surface area (Å²) >= 11 is 6.28. The van der Waals surface area contributed by atoms with Crippen molar-refractivity contribution >= 4 is 46.5 Å². The maximum atomic E-state index is 13.1. The van der Waals surface area contributed by atoms with Gasteiger partial charge >= 0.3 is 6.03 Å². The molecule has 0 spiro atoms. The number of hydrogen-bond acceptors (Lipinski definition) is 3. The summed E-state index contributed by atoms with van der Waals surface area (Å²) in [6.07, 6.45) is 0. The number of carbonyl (C=O) groups is 1. The van der Waals surface area contributed by atoms with E-state index in [4.69, 9.17) is 11.6 Å². The first-order valence-electron chi connectivity index (χ1n) is 10.6. The summed E-state index contributed by atoms with van der Waals surface area (Å²) in [7, 11) is 3.59. The first-order chi connectivity index (χ1) is 16.0. The van der Waals surface area contributed by atoms with E-state index in [1.54, 1.807) is 29.8 Å². The fraction of sp³-hybridized carbons (Fsp3) is 0.154. The molecule has 6 nitrogen and oxygen atoms in total. The summed E-state index contributed by atoms with van der Waals surface area (Å²) < 4.78 is 1.59. The fourth-order valence-electron chi connectivity index (χ4n) is 3.97. The van der Waals surface area contributed by atoms with E-state index in [0.29, 0.717) is 28.3 Å². The number of carbonyl (C=O) groups excluding carboxylic acids is 1. The molecule has 3 N–H and O–H groups in total. The van der Waals surface area contributed by atoms with Crippen LogP contribution in [0.4, 0.5) is 10.5 Å². The number of nitrogens with one attached hydrogen (secondary N) is 3. The predicted octanol–water partition coefficient (Wildman–Crippen LogP) is 5.32. The van der Waals surface area contributed by atoms with Crippen LogP contribution in [0, 0.1) is 0 Å². The SMILES string of the molecule is CNCc1cccc(NC(=O)NCc2c(-c3ccccc3)c3cc(Cl)ccc3c(=O)n2C)c1.Cl. The lowest BCUT2D eigenvalue weighted by molar-refractivity contribution is 0.251. The zero-order valence-corrected chi connectivity index (χ0v) is 20.5. The molecule has 0 aliphatic rings. The molecular weight excluding hydrogens is 471 g/mol. The first kappa shape index (κ1) is 25.3. The highest BCUT2D eigenvalue weighted by Gasteiger charge is 2.17. The van der Waals surface area contributed by atoms with Crippen LogP contribution in [0.3, 0.4) is 0 Å². The molecule has 0 fully saturated rings. The maximum Gasteiger partial charge on any atom is 0.319 e. The Kier molecular flexibility index (Phi) is 8.34. The highest BCUT2D eigenvalue weighted by molar-refractivity contribution is 6.31. The second kappa shape index (κ2) is 11.2. The van der Waals surface area contributed by atoms with E-state index in [2.05, 4.69) is 16.0 Å². The summed E-state index contributed by atoms with van der Waals surface area (Å²) in [6, 6.07) is 22.3. The van der Waals surface area contributed by atoms with Crippen molar-refractivity contribution in [2.45, 2.75) is 13.1 Å². The van der Waals surface area contributed by atoms with Crippen LogP contribution in [0.5, 0.6) is 0 Å². The topological polar surface area (TPSA) is 75.2 Å². The van der Waals surface area contributed by atoms with Gasteiger partial charge in [0.15, 0.2) is 0 Å². The number of amides is 2. The van der Waals surface area contributed by atoms with E-state index in [9.17, 15) is 9.59 Å². The Morgan fingerprint density at radius 2 is 1.71 bits per heavy atom. The van der Waals surface area contributed by atoms with Crippen LogP contribution in [-0.4, -0.2) is 17.6 Å². The molecule has 4 rings (SSSR count). The zero-order chi connectivity index (χ0) is 23.4. The average Bonchev–Trinajstić information content (AvgIpc) is 2.81. The number of halogens is 2. The summed E-state index contributed by atoms with van der Waals surface area (Å²) in [6.45, 7) is 0.875. The van der Waals surface area contributed by atoms with E-state index < -0.39 is 0 Å². The van der Waals surface area contributed by atoms with E-state index in [1.807, 2.05) is 61.6 Å². The van der Waals surface area contributed by atoms with Crippen LogP contribution in [0.1, 0.15) is 11.3 Å². The standard InChI is InChI=1S/C26H25ClN4O2.ClH/c1-28-15-17-7-6-10-20(13-17)30-26(33)29-16-23-24(18-8-4-3-5-9-18)22-14-19(27)11-12-21(22)25(32)31(23)2;/h3-14,28H,15-16H2,1-2H3,(H2,29,30,33);1H. The van der Waals surface area contributed by atoms with Gasteiger partial charge in [0.2, 0.25) is 0 Å². The highest BCUT2D eigenvalue weighted by atomic mass is 35.5. The molecule has 0 bridgehead atoms. The maximum absolute atomic E-state index is 13.1. The zero-order valence-electron chi connectivity index (χ0n) is 18.9. The Morgan fingerprint density at radius 1 is 0.941 bits per heavy atom. The minimum Gasteiger partial charge on any atom is -0.332 e. The number of aromatic nitrogens is 1. The van der Waals surface area contributed by atoms with Crippen LogP contribution in [0.2, 0.25) is 5.02 Å². The monoisotopic (exact) mass is 496 g/mol. The van der Waals surface area contributed by atoms with Gasteiger partial charge in [-0.2, -0.15) is 0 Å². The molecule has 0 saturated heterocycles. The molecule has 1 aromatic heterocycles.